The molecular weight excluding hydrogens is 316 g/mol. The van der Waals surface area contributed by atoms with E-state index in [2.05, 4.69) is 13.1 Å². The van der Waals surface area contributed by atoms with Gasteiger partial charge in [-0.2, -0.15) is 0 Å². The summed E-state index contributed by atoms with van der Waals surface area (Å²) in [5, 5.41) is 0. The van der Waals surface area contributed by atoms with Gasteiger partial charge in [-0.1, -0.05) is 20.3 Å². The summed E-state index contributed by atoms with van der Waals surface area (Å²) >= 11 is 0. The summed E-state index contributed by atoms with van der Waals surface area (Å²) in [5.41, 5.74) is 0. The van der Waals surface area contributed by atoms with Gasteiger partial charge >= 0.3 is 11.9 Å². The molecule has 0 bridgehead atoms. The van der Waals surface area contributed by atoms with Crippen LogP contribution in [0.2, 0.25) is 25.7 Å². The summed E-state index contributed by atoms with van der Waals surface area (Å²) < 4.78 is 16.0. The first-order valence-corrected chi connectivity index (χ1v) is 12.6. The second-order valence-corrected chi connectivity index (χ2v) is 11.1. The van der Waals surface area contributed by atoms with Crippen LogP contribution in [0, 0.1) is 5.92 Å². The number of esters is 2. The number of carbonyl (C=O) groups excluding carboxylic acids is 2. The summed E-state index contributed by atoms with van der Waals surface area (Å²) in [6.45, 7) is 10.9. The lowest BCUT2D eigenvalue weighted by Crippen LogP contribution is -2.33. The van der Waals surface area contributed by atoms with Gasteiger partial charge in [0, 0.05) is 0 Å². The zero-order valence-electron chi connectivity index (χ0n) is 14.6. The number of rotatable bonds is 12. The fourth-order valence-corrected chi connectivity index (χ4v) is 5.67. The Morgan fingerprint density at radius 2 is 1.55 bits per heavy atom. The molecule has 0 unspecified atom stereocenters. The van der Waals surface area contributed by atoms with Crippen LogP contribution in [0.15, 0.2) is 0 Å². The average Bonchev–Trinajstić information content (AvgIpc) is 2.46. The fraction of sp³-hybridized carbons (Fsp3) is 0.867. The smallest absolute Gasteiger partial charge is 0.320 e. The lowest BCUT2D eigenvalue weighted by Gasteiger charge is -2.23. The Morgan fingerprint density at radius 1 is 1.05 bits per heavy atom. The molecule has 128 valence electrons. The Bertz CT molecular complexity index is 314. The normalized spacial score (nSPS) is 11.5. The summed E-state index contributed by atoms with van der Waals surface area (Å²) in [4.78, 5) is 24.1. The maximum Gasteiger partial charge on any atom is 0.320 e. The lowest BCUT2D eigenvalue weighted by atomic mass is 10.0. The van der Waals surface area contributed by atoms with Gasteiger partial charge in [0.15, 0.2) is 14.2 Å². The monoisotopic (exact) mass is 346 g/mol. The van der Waals surface area contributed by atoms with Crippen molar-refractivity contribution in [2.24, 2.45) is 5.92 Å². The Kier molecular flexibility index (Phi) is 11.5. The van der Waals surface area contributed by atoms with Gasteiger partial charge in [-0.15, -0.1) is 0 Å². The molecule has 0 saturated heterocycles. The van der Waals surface area contributed by atoms with Crippen LogP contribution in [-0.2, 0) is 23.2 Å². The predicted molar refractivity (Wildman–Crippen MR) is 90.2 cm³/mol. The molecule has 0 saturated carbocycles. The molecule has 0 fully saturated rings. The Balaban J connectivity index is 4.51. The van der Waals surface area contributed by atoms with Crippen LogP contribution in [-0.4, -0.2) is 43.2 Å². The third-order valence-electron chi connectivity index (χ3n) is 3.12. The minimum atomic E-state index is -1.68. The molecule has 0 spiro atoms. The summed E-state index contributed by atoms with van der Waals surface area (Å²) in [6.07, 6.45) is 2.73. The third kappa shape index (κ3) is 9.37. The average molecular weight is 347 g/mol. The van der Waals surface area contributed by atoms with Crippen LogP contribution >= 0.6 is 0 Å². The first-order chi connectivity index (χ1) is 10.4. The molecule has 0 atom stereocenters. The molecular formula is C15H30O5Si2. The van der Waals surface area contributed by atoms with E-state index in [1.807, 2.05) is 20.4 Å². The van der Waals surface area contributed by atoms with E-state index in [0.717, 1.165) is 25.3 Å². The second-order valence-electron chi connectivity index (χ2n) is 5.85. The third-order valence-corrected chi connectivity index (χ3v) is 7.70. The maximum atomic E-state index is 12.0. The van der Waals surface area contributed by atoms with E-state index in [-0.39, 0.29) is 0 Å². The van der Waals surface area contributed by atoms with Crippen molar-refractivity contribution in [1.29, 1.82) is 0 Å². The summed E-state index contributed by atoms with van der Waals surface area (Å²) in [6, 6.07) is 0.923. The van der Waals surface area contributed by atoms with Crippen LogP contribution in [0.4, 0.5) is 0 Å². The molecule has 0 aliphatic carbocycles. The van der Waals surface area contributed by atoms with Gasteiger partial charge in [-0.05, 0) is 44.9 Å². The maximum absolute atomic E-state index is 12.0. The van der Waals surface area contributed by atoms with E-state index < -0.39 is 26.2 Å². The minimum absolute atomic E-state index is 0.344. The molecule has 0 heterocycles. The van der Waals surface area contributed by atoms with E-state index in [4.69, 9.17) is 13.6 Å². The molecule has 0 aliphatic heterocycles. The van der Waals surface area contributed by atoms with Gasteiger partial charge < -0.3 is 13.6 Å². The highest BCUT2D eigenvalue weighted by molar-refractivity contribution is 6.74. The van der Waals surface area contributed by atoms with Gasteiger partial charge in [0.05, 0.1) is 13.2 Å². The molecule has 5 nitrogen and oxygen atoms in total. The predicted octanol–water partition coefficient (Wildman–Crippen LogP) is 3.18. The van der Waals surface area contributed by atoms with Gasteiger partial charge in [0.2, 0.25) is 9.76 Å². The van der Waals surface area contributed by atoms with Crippen LogP contribution < -0.4 is 0 Å². The molecule has 0 rings (SSSR count). The molecule has 2 radical (unpaired) electrons. The largest absolute Gasteiger partial charge is 0.465 e. The Morgan fingerprint density at radius 3 is 1.95 bits per heavy atom. The Labute approximate surface area is 138 Å². The van der Waals surface area contributed by atoms with Crippen molar-refractivity contribution >= 4 is 30.0 Å². The molecule has 0 aromatic heterocycles. The van der Waals surface area contributed by atoms with Crippen molar-refractivity contribution in [1.82, 2.24) is 0 Å². The topological polar surface area (TPSA) is 61.8 Å². The van der Waals surface area contributed by atoms with Crippen molar-refractivity contribution in [3.8, 4) is 0 Å². The molecule has 22 heavy (non-hydrogen) atoms. The van der Waals surface area contributed by atoms with Crippen LogP contribution in [0.5, 0.6) is 0 Å². The molecule has 0 N–H and O–H groups in total. The van der Waals surface area contributed by atoms with Crippen LogP contribution in [0.25, 0.3) is 0 Å². The van der Waals surface area contributed by atoms with Crippen molar-refractivity contribution in [3.63, 3.8) is 0 Å². The van der Waals surface area contributed by atoms with E-state index >= 15 is 0 Å². The number of hydrogen-bond donors (Lipinski definition) is 0. The molecule has 0 aromatic carbocycles. The first kappa shape index (κ1) is 21.3. The highest BCUT2D eigenvalue weighted by Crippen LogP contribution is 2.20. The van der Waals surface area contributed by atoms with E-state index in [1.165, 1.54) is 0 Å². The van der Waals surface area contributed by atoms with E-state index in [1.54, 1.807) is 0 Å². The molecule has 0 aromatic rings. The molecule has 7 heteroatoms. The first-order valence-electron chi connectivity index (χ1n) is 8.06. The Hall–Kier alpha value is -0.666. The van der Waals surface area contributed by atoms with Crippen molar-refractivity contribution in [3.05, 3.63) is 0 Å². The standard InChI is InChI=1S/C15H30O5Si2/c1-6-10-18-14(16)13(15(17)19-11-7-2)9-8-12-22(4,5)20-21-3/h13H,6-12H2,1-5H3. The number of ether oxygens (including phenoxy) is 2. The number of hydrogen-bond acceptors (Lipinski definition) is 5. The highest BCUT2D eigenvalue weighted by Gasteiger charge is 2.30. The second kappa shape index (κ2) is 11.8. The highest BCUT2D eigenvalue weighted by atomic mass is 28.4. The van der Waals surface area contributed by atoms with Crippen molar-refractivity contribution < 1.29 is 23.2 Å². The lowest BCUT2D eigenvalue weighted by molar-refractivity contribution is -0.162. The van der Waals surface area contributed by atoms with Gasteiger partial charge in [0.1, 0.15) is 0 Å². The van der Waals surface area contributed by atoms with E-state index in [0.29, 0.717) is 29.4 Å². The van der Waals surface area contributed by atoms with Gasteiger partial charge in [0.25, 0.3) is 0 Å². The van der Waals surface area contributed by atoms with E-state index in [9.17, 15) is 9.59 Å². The summed E-state index contributed by atoms with van der Waals surface area (Å²) in [5.74, 6) is -1.71. The summed E-state index contributed by atoms with van der Waals surface area (Å²) in [7, 11) is -1.20. The zero-order valence-corrected chi connectivity index (χ0v) is 16.6. The van der Waals surface area contributed by atoms with Crippen molar-refractivity contribution in [2.45, 2.75) is 65.2 Å². The van der Waals surface area contributed by atoms with Crippen LogP contribution in [0.3, 0.4) is 0 Å². The van der Waals surface area contributed by atoms with Crippen LogP contribution in [0.1, 0.15) is 39.5 Å². The van der Waals surface area contributed by atoms with Crippen molar-refractivity contribution in [2.75, 3.05) is 13.2 Å². The minimum Gasteiger partial charge on any atom is -0.465 e. The zero-order chi connectivity index (χ0) is 17.0. The van der Waals surface area contributed by atoms with Gasteiger partial charge in [-0.3, -0.25) is 9.59 Å². The fourth-order valence-electron chi connectivity index (χ4n) is 2.00. The molecule has 0 aliphatic rings. The molecule has 0 amide bonds. The SMILES string of the molecule is CCCOC(=O)C(CCC[Si](C)(C)O[Si]C)C(=O)OCCC. The number of carbonyl (C=O) groups is 2. The quantitative estimate of drug-likeness (QED) is 0.308. The van der Waals surface area contributed by atoms with Gasteiger partial charge in [-0.25, -0.2) is 0 Å².